The maximum absolute atomic E-state index is 13.3. The van der Waals surface area contributed by atoms with E-state index in [1.165, 1.54) is 0 Å². The van der Waals surface area contributed by atoms with Gasteiger partial charge in [0.25, 0.3) is 11.8 Å². The first-order valence-electron chi connectivity index (χ1n) is 11.6. The van der Waals surface area contributed by atoms with Crippen LogP contribution in [-0.4, -0.2) is 45.8 Å². The van der Waals surface area contributed by atoms with E-state index in [2.05, 4.69) is 21.7 Å². The Labute approximate surface area is 201 Å². The van der Waals surface area contributed by atoms with Gasteiger partial charge in [0.1, 0.15) is 10.5 Å². The Hall–Kier alpha value is -3.30. The summed E-state index contributed by atoms with van der Waals surface area (Å²) in [7, 11) is 0. The van der Waals surface area contributed by atoms with E-state index in [1.54, 1.807) is 11.3 Å². The van der Waals surface area contributed by atoms with Gasteiger partial charge in [-0.1, -0.05) is 55.8 Å². The fourth-order valence-electron chi connectivity index (χ4n) is 4.88. The summed E-state index contributed by atoms with van der Waals surface area (Å²) in [5.74, 6) is -0.864. The zero-order valence-electron chi connectivity index (χ0n) is 19.0. The number of carbonyl (C=O) groups is 3. The number of para-hydroxylation sites is 1. The second-order valence-electron chi connectivity index (χ2n) is 8.73. The number of nitrogens with one attached hydrogen (secondary N) is 2. The molecule has 8 nitrogen and oxygen atoms in total. The van der Waals surface area contributed by atoms with Crippen molar-refractivity contribution in [3.05, 3.63) is 65.2 Å². The molecule has 3 aromatic rings. The van der Waals surface area contributed by atoms with Crippen LogP contribution in [-0.2, 0) is 15.1 Å². The Balaban J connectivity index is 1.31. The van der Waals surface area contributed by atoms with E-state index in [0.717, 1.165) is 46.0 Å². The van der Waals surface area contributed by atoms with Crippen molar-refractivity contribution in [1.82, 2.24) is 25.6 Å². The molecule has 0 bridgehead atoms. The van der Waals surface area contributed by atoms with Gasteiger partial charge >= 0.3 is 6.03 Å². The number of aromatic nitrogens is 1. The van der Waals surface area contributed by atoms with Gasteiger partial charge in [-0.3, -0.25) is 19.9 Å². The molecule has 4 amide bonds. The number of hydrogen-bond donors (Lipinski definition) is 2. The molecule has 0 saturated carbocycles. The number of piperidine rings is 1. The molecule has 0 spiro atoms. The number of imide groups is 1. The van der Waals surface area contributed by atoms with Crippen LogP contribution in [0, 0.1) is 0 Å². The fourth-order valence-corrected chi connectivity index (χ4v) is 6.01. The third-order valence-corrected chi connectivity index (χ3v) is 7.82. The number of thiazole rings is 1. The Morgan fingerprint density at radius 1 is 1.15 bits per heavy atom. The lowest BCUT2D eigenvalue weighted by Crippen LogP contribution is -2.51. The van der Waals surface area contributed by atoms with E-state index in [9.17, 15) is 14.4 Å². The summed E-state index contributed by atoms with van der Waals surface area (Å²) in [6.07, 6.45) is 3.36. The number of rotatable bonds is 6. The van der Waals surface area contributed by atoms with Crippen LogP contribution in [0.2, 0.25) is 0 Å². The first-order valence-corrected chi connectivity index (χ1v) is 12.4. The molecule has 2 aliphatic heterocycles. The molecule has 2 aromatic carbocycles. The highest BCUT2D eigenvalue weighted by molar-refractivity contribution is 7.18. The van der Waals surface area contributed by atoms with Gasteiger partial charge in [-0.2, -0.15) is 5.01 Å². The lowest BCUT2D eigenvalue weighted by molar-refractivity contribution is -0.140. The monoisotopic (exact) mass is 477 g/mol. The molecule has 2 fully saturated rings. The molecule has 5 rings (SSSR count). The minimum absolute atomic E-state index is 0.0408. The van der Waals surface area contributed by atoms with Gasteiger partial charge in [0.15, 0.2) is 0 Å². The van der Waals surface area contributed by atoms with Crippen LogP contribution < -0.4 is 10.7 Å². The largest absolute Gasteiger partial charge is 0.344 e. The summed E-state index contributed by atoms with van der Waals surface area (Å²) < 4.78 is 1.13. The van der Waals surface area contributed by atoms with Gasteiger partial charge in [-0.25, -0.2) is 9.78 Å². The average Bonchev–Trinajstić information content (AvgIpc) is 3.40. The summed E-state index contributed by atoms with van der Waals surface area (Å²) in [6, 6.07) is 16.6. The zero-order valence-corrected chi connectivity index (χ0v) is 19.8. The third-order valence-electron chi connectivity index (χ3n) is 6.68. The van der Waals surface area contributed by atoms with Crippen LogP contribution in [0.25, 0.3) is 10.2 Å². The van der Waals surface area contributed by atoms with Gasteiger partial charge in [0, 0.05) is 0 Å². The van der Waals surface area contributed by atoms with E-state index in [4.69, 9.17) is 4.98 Å². The lowest BCUT2D eigenvalue weighted by Gasteiger charge is -2.34. The molecule has 1 aromatic heterocycles. The molecule has 0 aliphatic carbocycles. The summed E-state index contributed by atoms with van der Waals surface area (Å²) in [4.78, 5) is 45.9. The second-order valence-corrected chi connectivity index (χ2v) is 9.79. The van der Waals surface area contributed by atoms with Crippen molar-refractivity contribution < 1.29 is 14.4 Å². The molecule has 2 aliphatic rings. The summed E-state index contributed by atoms with van der Waals surface area (Å²) in [5.41, 5.74) is 3.04. The second kappa shape index (κ2) is 9.15. The quantitative estimate of drug-likeness (QED) is 0.528. The smallest absolute Gasteiger partial charge is 0.318 e. The normalized spacial score (nSPS) is 23.3. The predicted octanol–water partition coefficient (Wildman–Crippen LogP) is 3.71. The van der Waals surface area contributed by atoms with Gasteiger partial charge in [0.2, 0.25) is 0 Å². The van der Waals surface area contributed by atoms with Crippen molar-refractivity contribution in [2.75, 3.05) is 13.1 Å². The van der Waals surface area contributed by atoms with Crippen LogP contribution in [0.15, 0.2) is 54.6 Å². The van der Waals surface area contributed by atoms with E-state index < -0.39 is 23.4 Å². The minimum Gasteiger partial charge on any atom is -0.318 e. The molecular formula is C25H27N5O3S. The number of amides is 4. The van der Waals surface area contributed by atoms with Crippen LogP contribution in [0.3, 0.4) is 0 Å². The van der Waals surface area contributed by atoms with Gasteiger partial charge < -0.3 is 5.32 Å². The molecule has 176 valence electrons. The van der Waals surface area contributed by atoms with Crippen LogP contribution >= 0.6 is 11.3 Å². The molecule has 0 radical (unpaired) electrons. The van der Waals surface area contributed by atoms with Crippen LogP contribution in [0.4, 0.5) is 4.79 Å². The highest BCUT2D eigenvalue weighted by Crippen LogP contribution is 2.35. The Kier molecular flexibility index (Phi) is 6.05. The number of likely N-dealkylation sites (tertiary alicyclic amines) is 1. The van der Waals surface area contributed by atoms with Crippen LogP contribution in [0.1, 0.15) is 49.2 Å². The molecule has 2 atom stereocenters. The standard InChI is InChI=1S/C25H27N5O3S/c1-2-25(17-10-4-3-5-11-17)23(32)30(24(33)27-25)28-21(31)16-29-15-9-8-13-19(29)22-26-18-12-6-7-14-20(18)34-22/h3-7,10-12,14,19H,2,8-9,13,15-16H2,1H3,(H,27,33)(H,28,31)/t19-,25-/m1/s1. The summed E-state index contributed by atoms with van der Waals surface area (Å²) in [6.45, 7) is 2.69. The molecule has 2 N–H and O–H groups in total. The SMILES string of the molecule is CC[C@]1(c2ccccc2)NC(=O)N(NC(=O)CN2CCCC[C@@H]2c2nc3ccccc3s2)C1=O. The van der Waals surface area contributed by atoms with Crippen molar-refractivity contribution in [1.29, 1.82) is 0 Å². The lowest BCUT2D eigenvalue weighted by atomic mass is 9.87. The molecule has 9 heteroatoms. The molecular weight excluding hydrogens is 450 g/mol. The number of hydrogen-bond acceptors (Lipinski definition) is 6. The number of nitrogens with zero attached hydrogens (tertiary/aromatic N) is 3. The molecule has 3 heterocycles. The maximum atomic E-state index is 13.3. The van der Waals surface area contributed by atoms with Crippen molar-refractivity contribution >= 4 is 39.4 Å². The van der Waals surface area contributed by atoms with Crippen molar-refractivity contribution in [3.63, 3.8) is 0 Å². The Bertz CT molecular complexity index is 1200. The number of carbonyl (C=O) groups excluding carboxylic acids is 3. The average molecular weight is 478 g/mol. The zero-order chi connectivity index (χ0) is 23.7. The number of urea groups is 1. The highest BCUT2D eigenvalue weighted by atomic mass is 32.1. The van der Waals surface area contributed by atoms with Gasteiger partial charge in [-0.15, -0.1) is 11.3 Å². The fraction of sp³-hybridized carbons (Fsp3) is 0.360. The van der Waals surface area contributed by atoms with Crippen molar-refractivity contribution in [3.8, 4) is 0 Å². The maximum Gasteiger partial charge on any atom is 0.344 e. The van der Waals surface area contributed by atoms with E-state index in [0.29, 0.717) is 12.0 Å². The summed E-state index contributed by atoms with van der Waals surface area (Å²) >= 11 is 1.66. The number of fused-ring (bicyclic) bond motifs is 1. The highest BCUT2D eigenvalue weighted by Gasteiger charge is 2.52. The topological polar surface area (TPSA) is 94.6 Å². The molecule has 2 saturated heterocycles. The molecule has 0 unspecified atom stereocenters. The summed E-state index contributed by atoms with van der Waals surface area (Å²) in [5, 5.41) is 4.62. The Morgan fingerprint density at radius 3 is 2.68 bits per heavy atom. The number of hydrazine groups is 1. The first kappa shape index (κ1) is 22.5. The predicted molar refractivity (Wildman–Crippen MR) is 130 cm³/mol. The van der Waals surface area contributed by atoms with E-state index in [1.807, 2.05) is 55.5 Å². The van der Waals surface area contributed by atoms with Gasteiger partial charge in [-0.05, 0) is 43.5 Å². The van der Waals surface area contributed by atoms with E-state index in [-0.39, 0.29) is 12.6 Å². The number of benzene rings is 2. The minimum atomic E-state index is -1.18. The first-order chi connectivity index (χ1) is 16.5. The third kappa shape index (κ3) is 3.95. The van der Waals surface area contributed by atoms with Crippen LogP contribution in [0.5, 0.6) is 0 Å². The van der Waals surface area contributed by atoms with Crippen molar-refractivity contribution in [2.45, 2.75) is 44.2 Å². The van der Waals surface area contributed by atoms with E-state index >= 15 is 0 Å². The van der Waals surface area contributed by atoms with Crippen molar-refractivity contribution in [2.24, 2.45) is 0 Å². The van der Waals surface area contributed by atoms with Gasteiger partial charge in [0.05, 0.1) is 22.8 Å². The Morgan fingerprint density at radius 2 is 1.91 bits per heavy atom. The molecule has 34 heavy (non-hydrogen) atoms.